The molecule has 198 valence electrons. The predicted octanol–water partition coefficient (Wildman–Crippen LogP) is 4.97. The van der Waals surface area contributed by atoms with Crippen LogP contribution < -0.4 is 11.3 Å². The maximum absolute atomic E-state index is 13.8. The average Bonchev–Trinajstić information content (AvgIpc) is 3.35. The number of aromatic amines is 1. The van der Waals surface area contributed by atoms with Crippen LogP contribution in [0.1, 0.15) is 56.3 Å². The van der Waals surface area contributed by atoms with E-state index >= 15 is 0 Å². The molecule has 0 saturated carbocycles. The number of hydrogen-bond donors (Lipinski definition) is 1. The largest absolute Gasteiger partial charge is 0.439 e. The van der Waals surface area contributed by atoms with Gasteiger partial charge in [-0.1, -0.05) is 79.3 Å². The monoisotopic (exact) mass is 531 g/mol. The minimum absolute atomic E-state index is 0.106. The number of H-pyrrole nitrogens is 1. The van der Waals surface area contributed by atoms with Crippen LogP contribution in [0, 0.1) is 6.92 Å². The first-order chi connectivity index (χ1) is 18.2. The molecule has 0 radical (unpaired) electrons. The minimum atomic E-state index is -0.598. The van der Waals surface area contributed by atoms with Gasteiger partial charge in [-0.2, -0.15) is 0 Å². The highest BCUT2D eigenvalue weighted by Gasteiger charge is 2.21. The summed E-state index contributed by atoms with van der Waals surface area (Å²) in [5.74, 6) is 0.555. The van der Waals surface area contributed by atoms with Crippen molar-refractivity contribution in [2.24, 2.45) is 0 Å². The molecule has 0 bridgehead atoms. The lowest BCUT2D eigenvalue weighted by atomic mass is 9.98. The van der Waals surface area contributed by atoms with Crippen LogP contribution in [0.15, 0.2) is 62.6 Å². The lowest BCUT2D eigenvalue weighted by Crippen LogP contribution is -2.39. The van der Waals surface area contributed by atoms with E-state index in [-0.39, 0.29) is 11.6 Å². The van der Waals surface area contributed by atoms with Gasteiger partial charge < -0.3 is 4.90 Å². The summed E-state index contributed by atoms with van der Waals surface area (Å²) >= 11 is 5.71. The highest BCUT2D eigenvalue weighted by atomic mass is 32.1. The van der Waals surface area contributed by atoms with Crippen molar-refractivity contribution in [2.75, 3.05) is 7.05 Å². The van der Waals surface area contributed by atoms with Crippen LogP contribution in [0.4, 0.5) is 0 Å². The van der Waals surface area contributed by atoms with Crippen molar-refractivity contribution < 1.29 is 4.52 Å². The Hall–Kier alpha value is -3.85. The van der Waals surface area contributed by atoms with Crippen LogP contribution in [0.3, 0.4) is 0 Å². The van der Waals surface area contributed by atoms with Gasteiger partial charge >= 0.3 is 5.76 Å². The molecule has 4 aromatic rings. The molecule has 0 unspecified atom stereocenters. The molecule has 0 atom stereocenters. The zero-order valence-corrected chi connectivity index (χ0v) is 23.3. The second-order valence-corrected chi connectivity index (χ2v) is 10.1. The number of benzene rings is 2. The zero-order valence-electron chi connectivity index (χ0n) is 22.4. The van der Waals surface area contributed by atoms with Gasteiger partial charge in [-0.3, -0.25) is 18.9 Å². The van der Waals surface area contributed by atoms with Crippen molar-refractivity contribution in [2.45, 2.75) is 59.5 Å². The Kier molecular flexibility index (Phi) is 8.36. The Morgan fingerprint density at radius 1 is 1.11 bits per heavy atom. The van der Waals surface area contributed by atoms with Crippen molar-refractivity contribution in [3.05, 3.63) is 92.1 Å². The second kappa shape index (κ2) is 11.7. The molecule has 9 heteroatoms. The van der Waals surface area contributed by atoms with Gasteiger partial charge in [-0.15, -0.1) is 0 Å². The van der Waals surface area contributed by atoms with E-state index in [0.717, 1.165) is 47.3 Å². The maximum Gasteiger partial charge on any atom is 0.439 e. The zero-order chi connectivity index (χ0) is 27.4. The summed E-state index contributed by atoms with van der Waals surface area (Å²) < 4.78 is 6.46. The maximum atomic E-state index is 13.8. The van der Waals surface area contributed by atoms with Crippen molar-refractivity contribution in [3.8, 4) is 22.5 Å². The fourth-order valence-electron chi connectivity index (χ4n) is 4.32. The molecule has 0 fully saturated rings. The SMILES string of the molecule is CCCCc1nc(C)c(C(=S)N(C)C(C)C)c(=O)n1Cc1ccc(-c2ccccc2-c2noc(=O)[nH]2)cc1. The molecule has 2 aromatic carbocycles. The van der Waals surface area contributed by atoms with Gasteiger partial charge in [0, 0.05) is 25.1 Å². The van der Waals surface area contributed by atoms with Crippen LogP contribution in [0.5, 0.6) is 0 Å². The van der Waals surface area contributed by atoms with Gasteiger partial charge in [0.15, 0.2) is 5.82 Å². The summed E-state index contributed by atoms with van der Waals surface area (Å²) in [6.45, 7) is 8.48. The van der Waals surface area contributed by atoms with E-state index in [4.69, 9.17) is 21.7 Å². The summed E-state index contributed by atoms with van der Waals surface area (Å²) in [6.07, 6.45) is 2.68. The number of unbranched alkanes of at least 4 members (excludes halogenated alkanes) is 1. The number of aryl methyl sites for hydroxylation is 2. The third-order valence-electron chi connectivity index (χ3n) is 6.72. The number of hydrogen-bond acceptors (Lipinski definition) is 6. The molecule has 38 heavy (non-hydrogen) atoms. The minimum Gasteiger partial charge on any atom is -0.363 e. The summed E-state index contributed by atoms with van der Waals surface area (Å²) in [5.41, 5.74) is 4.65. The highest BCUT2D eigenvalue weighted by molar-refractivity contribution is 7.80. The Balaban J connectivity index is 1.71. The molecule has 8 nitrogen and oxygen atoms in total. The van der Waals surface area contributed by atoms with Gasteiger partial charge in [0.05, 0.1) is 17.8 Å². The third kappa shape index (κ3) is 5.67. The fourth-order valence-corrected chi connectivity index (χ4v) is 4.77. The first-order valence-corrected chi connectivity index (χ1v) is 13.2. The molecular weight excluding hydrogens is 498 g/mol. The number of thiocarbonyl (C=S) groups is 1. The van der Waals surface area contributed by atoms with Crippen LogP contribution in [-0.2, 0) is 13.0 Å². The first kappa shape index (κ1) is 27.2. The van der Waals surface area contributed by atoms with E-state index in [9.17, 15) is 9.59 Å². The molecule has 0 amide bonds. The molecule has 0 saturated heterocycles. The Morgan fingerprint density at radius 3 is 2.39 bits per heavy atom. The van der Waals surface area contributed by atoms with Gasteiger partial charge in [-0.05, 0) is 43.9 Å². The molecule has 0 aliphatic rings. The standard InChI is InChI=1S/C29H33N5O3S/c1-6-7-12-24-30-19(4)25(28(38)33(5)18(2)3)27(35)34(24)17-20-13-15-21(16-14-20)22-10-8-9-11-23(22)26-31-29(36)37-32-26/h8-11,13-16,18H,6-7,12,17H2,1-5H3,(H,31,32,36). The van der Waals surface area contributed by atoms with Gasteiger partial charge in [0.2, 0.25) is 0 Å². The first-order valence-electron chi connectivity index (χ1n) is 12.8. The van der Waals surface area contributed by atoms with E-state index < -0.39 is 5.76 Å². The van der Waals surface area contributed by atoms with Crippen LogP contribution in [-0.4, -0.2) is 42.7 Å². The quantitative estimate of drug-likeness (QED) is 0.305. The van der Waals surface area contributed by atoms with Crippen molar-refractivity contribution in [1.29, 1.82) is 0 Å². The summed E-state index contributed by atoms with van der Waals surface area (Å²) in [4.78, 5) is 35.2. The normalized spacial score (nSPS) is 11.2. The number of nitrogens with zero attached hydrogens (tertiary/aromatic N) is 4. The summed E-state index contributed by atoms with van der Waals surface area (Å²) in [7, 11) is 1.91. The van der Waals surface area contributed by atoms with E-state index in [1.54, 1.807) is 4.57 Å². The van der Waals surface area contributed by atoms with E-state index in [1.807, 2.05) is 81.2 Å². The molecular formula is C29H33N5O3S. The van der Waals surface area contributed by atoms with E-state index in [2.05, 4.69) is 17.1 Å². The average molecular weight is 532 g/mol. The highest BCUT2D eigenvalue weighted by Crippen LogP contribution is 2.30. The number of rotatable bonds is 9. The molecule has 4 rings (SSSR count). The lowest BCUT2D eigenvalue weighted by Gasteiger charge is -2.25. The van der Waals surface area contributed by atoms with E-state index in [1.165, 1.54) is 0 Å². The van der Waals surface area contributed by atoms with Gasteiger partial charge in [0.1, 0.15) is 10.8 Å². The summed E-state index contributed by atoms with van der Waals surface area (Å²) in [5, 5.41) is 3.84. The van der Waals surface area contributed by atoms with Crippen LogP contribution in [0.25, 0.3) is 22.5 Å². The van der Waals surface area contributed by atoms with Gasteiger partial charge in [0.25, 0.3) is 5.56 Å². The predicted molar refractivity (Wildman–Crippen MR) is 154 cm³/mol. The fraction of sp³-hybridized carbons (Fsp3) is 0.345. The van der Waals surface area contributed by atoms with Crippen molar-refractivity contribution >= 4 is 17.2 Å². The van der Waals surface area contributed by atoms with Crippen molar-refractivity contribution in [3.63, 3.8) is 0 Å². The lowest BCUT2D eigenvalue weighted by molar-refractivity contribution is 0.388. The smallest absolute Gasteiger partial charge is 0.363 e. The molecule has 0 aliphatic carbocycles. The second-order valence-electron chi connectivity index (χ2n) is 9.68. The summed E-state index contributed by atoms with van der Waals surface area (Å²) in [6, 6.07) is 15.8. The molecule has 1 N–H and O–H groups in total. The van der Waals surface area contributed by atoms with Crippen molar-refractivity contribution in [1.82, 2.24) is 24.6 Å². The Bertz CT molecular complexity index is 1550. The third-order valence-corrected chi connectivity index (χ3v) is 7.21. The topological polar surface area (TPSA) is 97.0 Å². The van der Waals surface area contributed by atoms with Crippen LogP contribution in [0.2, 0.25) is 0 Å². The molecule has 0 aliphatic heterocycles. The Morgan fingerprint density at radius 2 is 1.79 bits per heavy atom. The van der Waals surface area contributed by atoms with Crippen LogP contribution >= 0.6 is 12.2 Å². The molecule has 0 spiro atoms. The van der Waals surface area contributed by atoms with Gasteiger partial charge in [-0.25, -0.2) is 9.78 Å². The molecule has 2 heterocycles. The number of nitrogens with one attached hydrogen (secondary N) is 1. The Labute approximate surface area is 227 Å². The molecule has 2 aromatic heterocycles. The van der Waals surface area contributed by atoms with E-state index in [0.29, 0.717) is 28.6 Å². The number of aromatic nitrogens is 4.